The second-order valence-electron chi connectivity index (χ2n) is 4.38. The van der Waals surface area contributed by atoms with Gasteiger partial charge in [-0.2, -0.15) is 10.1 Å². The fourth-order valence-electron chi connectivity index (χ4n) is 2.04. The van der Waals surface area contributed by atoms with Gasteiger partial charge < -0.3 is 0 Å². The number of rotatable bonds is 3. The van der Waals surface area contributed by atoms with Crippen LogP contribution in [0.3, 0.4) is 0 Å². The van der Waals surface area contributed by atoms with Crippen molar-refractivity contribution in [1.29, 1.82) is 0 Å². The van der Waals surface area contributed by atoms with Crippen LogP contribution in [0.5, 0.6) is 0 Å². The van der Waals surface area contributed by atoms with Gasteiger partial charge in [0, 0.05) is 6.20 Å². The van der Waals surface area contributed by atoms with Crippen molar-refractivity contribution in [3.63, 3.8) is 0 Å². The number of hydrogen-bond acceptors (Lipinski definition) is 3. The van der Waals surface area contributed by atoms with Crippen LogP contribution in [0.25, 0.3) is 5.69 Å². The number of nitrogens with zero attached hydrogens (tertiary/aromatic N) is 3. The molecule has 0 bridgehead atoms. The number of aliphatic imine (C=N–C) groups is 1. The molecule has 0 unspecified atom stereocenters. The van der Waals surface area contributed by atoms with Crippen molar-refractivity contribution in [3.05, 3.63) is 46.7 Å². The molecule has 1 fully saturated rings. The summed E-state index contributed by atoms with van der Waals surface area (Å²) < 4.78 is 2.73. The lowest BCUT2D eigenvalue weighted by Gasteiger charge is -2.09. The average Bonchev–Trinajstić information content (AvgIpc) is 3.04. The predicted molar refractivity (Wildman–Crippen MR) is 70.3 cm³/mol. The molecule has 1 aromatic carbocycles. The highest BCUT2D eigenvalue weighted by molar-refractivity contribution is 9.10. The van der Waals surface area contributed by atoms with Gasteiger partial charge in [-0.05, 0) is 46.5 Å². The van der Waals surface area contributed by atoms with Crippen LogP contribution in [0.4, 0.5) is 0 Å². The minimum atomic E-state index is -0.301. The number of aromatic nitrogens is 2. The summed E-state index contributed by atoms with van der Waals surface area (Å²) in [5.74, 6) is 0. The Balaban J connectivity index is 1.92. The Bertz CT molecular complexity index is 622. The quantitative estimate of drug-likeness (QED) is 0.646. The van der Waals surface area contributed by atoms with Gasteiger partial charge in [0.05, 0.1) is 21.9 Å². The summed E-state index contributed by atoms with van der Waals surface area (Å²) in [4.78, 5) is 14.3. The van der Waals surface area contributed by atoms with Crippen LogP contribution in [-0.4, -0.2) is 15.9 Å². The third kappa shape index (κ3) is 1.92. The summed E-state index contributed by atoms with van der Waals surface area (Å²) in [6.07, 6.45) is 7.16. The summed E-state index contributed by atoms with van der Waals surface area (Å²) in [6, 6.07) is 7.96. The van der Waals surface area contributed by atoms with E-state index in [4.69, 9.17) is 0 Å². The smallest absolute Gasteiger partial charge is 0.235 e. The summed E-state index contributed by atoms with van der Waals surface area (Å²) in [5.41, 5.74) is 1.75. The standard InChI is InChI=1S/C13H10BrN3O/c14-11-7-16-17(8-11)12-3-1-10(2-4-12)13(5-6-13)15-9-18/h1-4,7-8H,5-6H2. The maximum Gasteiger partial charge on any atom is 0.235 e. The van der Waals surface area contributed by atoms with Crippen LogP contribution in [0, 0.1) is 0 Å². The Morgan fingerprint density at radius 2 is 2.06 bits per heavy atom. The molecule has 0 saturated heterocycles. The molecule has 0 N–H and O–H groups in total. The van der Waals surface area contributed by atoms with Crippen LogP contribution in [0.1, 0.15) is 18.4 Å². The van der Waals surface area contributed by atoms with Gasteiger partial charge >= 0.3 is 0 Å². The van der Waals surface area contributed by atoms with Gasteiger partial charge in [0.25, 0.3) is 0 Å². The second kappa shape index (κ2) is 4.19. The highest BCUT2D eigenvalue weighted by Gasteiger charge is 2.44. The first-order chi connectivity index (χ1) is 8.73. The molecule has 0 atom stereocenters. The Morgan fingerprint density at radius 3 is 2.56 bits per heavy atom. The Morgan fingerprint density at radius 1 is 1.33 bits per heavy atom. The van der Waals surface area contributed by atoms with Crippen molar-refractivity contribution in [2.24, 2.45) is 4.99 Å². The topological polar surface area (TPSA) is 47.2 Å². The molecule has 1 aliphatic carbocycles. The Hall–Kier alpha value is -1.71. The molecule has 0 spiro atoms. The average molecular weight is 304 g/mol. The van der Waals surface area contributed by atoms with Crippen LogP contribution in [0.2, 0.25) is 0 Å². The molecule has 90 valence electrons. The van der Waals surface area contributed by atoms with Crippen molar-refractivity contribution >= 4 is 22.0 Å². The zero-order valence-corrected chi connectivity index (χ0v) is 11.1. The zero-order valence-electron chi connectivity index (χ0n) is 9.51. The largest absolute Gasteiger partial charge is 0.240 e. The first-order valence-electron chi connectivity index (χ1n) is 5.64. The number of hydrogen-bond donors (Lipinski definition) is 0. The van der Waals surface area contributed by atoms with Crippen LogP contribution in [-0.2, 0) is 10.3 Å². The van der Waals surface area contributed by atoms with Crippen molar-refractivity contribution < 1.29 is 4.79 Å². The minimum Gasteiger partial charge on any atom is -0.240 e. The lowest BCUT2D eigenvalue weighted by molar-refractivity contribution is 0.556. The van der Waals surface area contributed by atoms with Crippen molar-refractivity contribution in [2.45, 2.75) is 18.4 Å². The van der Waals surface area contributed by atoms with Gasteiger partial charge in [0.15, 0.2) is 0 Å². The molecule has 1 saturated carbocycles. The maximum atomic E-state index is 10.4. The van der Waals surface area contributed by atoms with E-state index >= 15 is 0 Å². The number of isocyanates is 1. The highest BCUT2D eigenvalue weighted by Crippen LogP contribution is 2.49. The maximum absolute atomic E-state index is 10.4. The van der Waals surface area contributed by atoms with Gasteiger partial charge in [-0.3, -0.25) is 0 Å². The van der Waals surface area contributed by atoms with Gasteiger partial charge in [0.1, 0.15) is 0 Å². The summed E-state index contributed by atoms with van der Waals surface area (Å²) in [5, 5.41) is 4.21. The molecular formula is C13H10BrN3O. The zero-order chi connectivity index (χ0) is 12.6. The van der Waals surface area contributed by atoms with Crippen LogP contribution < -0.4 is 0 Å². The van der Waals surface area contributed by atoms with E-state index in [1.165, 1.54) is 0 Å². The fraction of sp³-hybridized carbons (Fsp3) is 0.231. The van der Waals surface area contributed by atoms with E-state index in [1.54, 1.807) is 17.0 Å². The molecule has 2 aromatic rings. The molecule has 0 amide bonds. The number of benzene rings is 1. The number of halogens is 1. The molecule has 4 nitrogen and oxygen atoms in total. The Labute approximate surface area is 112 Å². The molecule has 1 aliphatic rings. The predicted octanol–water partition coefficient (Wildman–Crippen LogP) is 2.96. The summed E-state index contributed by atoms with van der Waals surface area (Å²) >= 11 is 3.36. The molecular weight excluding hydrogens is 294 g/mol. The van der Waals surface area contributed by atoms with Crippen molar-refractivity contribution in [2.75, 3.05) is 0 Å². The number of carbonyl (C=O) groups excluding carboxylic acids is 1. The normalized spacial score (nSPS) is 16.1. The molecule has 18 heavy (non-hydrogen) atoms. The Kier molecular flexibility index (Phi) is 2.65. The van der Waals surface area contributed by atoms with Crippen molar-refractivity contribution in [1.82, 2.24) is 9.78 Å². The third-order valence-corrected chi connectivity index (χ3v) is 3.61. The molecule has 3 rings (SSSR count). The molecule has 1 heterocycles. The van der Waals surface area contributed by atoms with Crippen LogP contribution >= 0.6 is 15.9 Å². The fourth-order valence-corrected chi connectivity index (χ4v) is 2.32. The van der Waals surface area contributed by atoms with Crippen molar-refractivity contribution in [3.8, 4) is 5.69 Å². The van der Waals surface area contributed by atoms with E-state index in [-0.39, 0.29) is 5.54 Å². The molecule has 0 aliphatic heterocycles. The van der Waals surface area contributed by atoms with E-state index in [9.17, 15) is 4.79 Å². The first-order valence-corrected chi connectivity index (χ1v) is 6.43. The molecule has 0 radical (unpaired) electrons. The van der Waals surface area contributed by atoms with E-state index in [2.05, 4.69) is 26.0 Å². The molecule has 5 heteroatoms. The second-order valence-corrected chi connectivity index (χ2v) is 5.30. The van der Waals surface area contributed by atoms with Gasteiger partial charge in [-0.25, -0.2) is 9.48 Å². The van der Waals surface area contributed by atoms with Gasteiger partial charge in [-0.1, -0.05) is 12.1 Å². The van der Waals surface area contributed by atoms with Crippen LogP contribution in [0.15, 0.2) is 46.1 Å². The van der Waals surface area contributed by atoms with Gasteiger partial charge in [0.2, 0.25) is 6.08 Å². The monoisotopic (exact) mass is 303 g/mol. The first kappa shape index (κ1) is 11.4. The van der Waals surface area contributed by atoms with E-state index in [1.807, 2.05) is 30.5 Å². The lowest BCUT2D eigenvalue weighted by atomic mass is 10.1. The van der Waals surface area contributed by atoms with Gasteiger partial charge in [-0.15, -0.1) is 0 Å². The minimum absolute atomic E-state index is 0.301. The van der Waals surface area contributed by atoms with E-state index in [0.29, 0.717) is 0 Å². The molecule has 1 aromatic heterocycles. The van der Waals surface area contributed by atoms with E-state index < -0.39 is 0 Å². The highest BCUT2D eigenvalue weighted by atomic mass is 79.9. The SMILES string of the molecule is O=C=NC1(c2ccc(-n3cc(Br)cn3)cc2)CC1. The summed E-state index contributed by atoms with van der Waals surface area (Å²) in [7, 11) is 0. The summed E-state index contributed by atoms with van der Waals surface area (Å²) in [6.45, 7) is 0. The lowest BCUT2D eigenvalue weighted by Crippen LogP contribution is -2.02. The third-order valence-electron chi connectivity index (χ3n) is 3.20. The van der Waals surface area contributed by atoms with E-state index in [0.717, 1.165) is 28.6 Å².